The molecule has 0 aliphatic rings. The van der Waals surface area contributed by atoms with Crippen LogP contribution in [-0.2, 0) is 14.3 Å². The molecular weight excluding hydrogens is 372 g/mol. The number of rotatable bonds is 7. The van der Waals surface area contributed by atoms with Crippen LogP contribution in [0.3, 0.4) is 0 Å². The number of hydrogen-bond donors (Lipinski definition) is 0. The highest BCUT2D eigenvalue weighted by atomic mass is 16.6. The minimum atomic E-state index is -0.587. The third-order valence-electron chi connectivity index (χ3n) is 4.66. The molecule has 3 aromatic rings. The van der Waals surface area contributed by atoms with Gasteiger partial charge < -0.3 is 18.6 Å². The fraction of sp³-hybridized carbons (Fsp3) is 0.304. The Kier molecular flexibility index (Phi) is 6.34. The molecule has 0 aliphatic heterocycles. The summed E-state index contributed by atoms with van der Waals surface area (Å²) in [6, 6.07) is 11.2. The molecule has 0 radical (unpaired) electrons. The molecular formula is C23H24O6. The van der Waals surface area contributed by atoms with E-state index in [0.29, 0.717) is 16.5 Å². The Morgan fingerprint density at radius 1 is 1.00 bits per heavy atom. The second kappa shape index (κ2) is 8.92. The lowest BCUT2D eigenvalue weighted by Crippen LogP contribution is -2.20. The lowest BCUT2D eigenvalue weighted by atomic mass is 10.0. The molecule has 1 aromatic heterocycles. The number of carbonyl (C=O) groups is 1. The largest absolute Gasteiger partial charge is 0.474 e. The van der Waals surface area contributed by atoms with Crippen molar-refractivity contribution < 1.29 is 23.4 Å². The first-order valence-corrected chi connectivity index (χ1v) is 9.33. The van der Waals surface area contributed by atoms with Crippen molar-refractivity contribution in [2.75, 3.05) is 26.9 Å². The summed E-state index contributed by atoms with van der Waals surface area (Å²) < 4.78 is 21.5. The molecule has 0 spiro atoms. The average molecular weight is 396 g/mol. The van der Waals surface area contributed by atoms with Crippen molar-refractivity contribution in [2.45, 2.75) is 20.8 Å². The summed E-state index contributed by atoms with van der Waals surface area (Å²) in [5.41, 5.74) is 3.91. The van der Waals surface area contributed by atoms with Gasteiger partial charge in [0, 0.05) is 12.7 Å². The molecule has 6 nitrogen and oxygen atoms in total. The Labute approximate surface area is 169 Å². The van der Waals surface area contributed by atoms with Crippen LogP contribution in [0.15, 0.2) is 45.6 Å². The molecule has 0 N–H and O–H groups in total. The Morgan fingerprint density at radius 2 is 1.69 bits per heavy atom. The molecule has 6 heteroatoms. The van der Waals surface area contributed by atoms with E-state index in [0.717, 1.165) is 16.7 Å². The van der Waals surface area contributed by atoms with Crippen LogP contribution < -0.4 is 10.2 Å². The van der Waals surface area contributed by atoms with Crippen LogP contribution in [0.2, 0.25) is 0 Å². The van der Waals surface area contributed by atoms with Gasteiger partial charge in [-0.05, 0) is 44.0 Å². The zero-order valence-corrected chi connectivity index (χ0v) is 17.0. The van der Waals surface area contributed by atoms with Crippen LogP contribution in [0.25, 0.3) is 22.3 Å². The molecule has 2 aromatic carbocycles. The van der Waals surface area contributed by atoms with Crippen molar-refractivity contribution in [3.63, 3.8) is 0 Å². The van der Waals surface area contributed by atoms with Crippen LogP contribution in [0, 0.1) is 20.8 Å². The summed E-state index contributed by atoms with van der Waals surface area (Å²) in [6.07, 6.45) is 0. The molecule has 0 bridgehead atoms. The van der Waals surface area contributed by atoms with E-state index in [1.54, 1.807) is 6.07 Å². The number of benzene rings is 2. The quantitative estimate of drug-likeness (QED) is 0.445. The summed E-state index contributed by atoms with van der Waals surface area (Å²) in [7, 11) is 1.52. The van der Waals surface area contributed by atoms with E-state index in [9.17, 15) is 9.59 Å². The van der Waals surface area contributed by atoms with Gasteiger partial charge in [-0.1, -0.05) is 29.8 Å². The maximum absolute atomic E-state index is 13.2. The standard InChI is InChI=1S/C23H24O6/c1-14-5-7-17(8-6-14)22-23(28-13-20(24)27-10-9-26-4)21(25)18-11-15(2)16(3)12-19(18)29-22/h5-8,11-12H,9-10,13H2,1-4H3. The second-order valence-electron chi connectivity index (χ2n) is 6.89. The first kappa shape index (κ1) is 20.6. The highest BCUT2D eigenvalue weighted by Gasteiger charge is 2.20. The van der Waals surface area contributed by atoms with E-state index in [1.165, 1.54) is 7.11 Å². The summed E-state index contributed by atoms with van der Waals surface area (Å²) in [5.74, 6) is -0.305. The number of methoxy groups -OCH3 is 1. The topological polar surface area (TPSA) is 75.0 Å². The number of fused-ring (bicyclic) bond motifs is 1. The molecule has 0 saturated carbocycles. The normalized spacial score (nSPS) is 10.9. The summed E-state index contributed by atoms with van der Waals surface area (Å²) >= 11 is 0. The Bertz CT molecular complexity index is 1080. The van der Waals surface area contributed by atoms with Crippen molar-refractivity contribution in [3.8, 4) is 17.1 Å². The second-order valence-corrected chi connectivity index (χ2v) is 6.89. The predicted molar refractivity (Wildman–Crippen MR) is 110 cm³/mol. The Morgan fingerprint density at radius 3 is 2.38 bits per heavy atom. The fourth-order valence-corrected chi connectivity index (χ4v) is 2.87. The van der Waals surface area contributed by atoms with Crippen molar-refractivity contribution in [3.05, 3.63) is 63.3 Å². The van der Waals surface area contributed by atoms with Crippen LogP contribution in [0.4, 0.5) is 0 Å². The van der Waals surface area contributed by atoms with Gasteiger partial charge in [0.05, 0.1) is 12.0 Å². The van der Waals surface area contributed by atoms with Crippen LogP contribution in [0.5, 0.6) is 5.75 Å². The summed E-state index contributed by atoms with van der Waals surface area (Å²) in [6.45, 7) is 5.87. The first-order valence-electron chi connectivity index (χ1n) is 9.33. The third-order valence-corrected chi connectivity index (χ3v) is 4.66. The molecule has 0 atom stereocenters. The minimum absolute atomic E-state index is 0.00621. The summed E-state index contributed by atoms with van der Waals surface area (Å²) in [5, 5.41) is 0.409. The van der Waals surface area contributed by atoms with Crippen molar-refractivity contribution in [2.24, 2.45) is 0 Å². The number of hydrogen-bond acceptors (Lipinski definition) is 6. The fourth-order valence-electron chi connectivity index (χ4n) is 2.87. The maximum Gasteiger partial charge on any atom is 0.344 e. The van der Waals surface area contributed by atoms with E-state index < -0.39 is 12.6 Å². The van der Waals surface area contributed by atoms with E-state index in [4.69, 9.17) is 18.6 Å². The van der Waals surface area contributed by atoms with Gasteiger partial charge >= 0.3 is 5.97 Å². The van der Waals surface area contributed by atoms with Gasteiger partial charge in [-0.2, -0.15) is 0 Å². The average Bonchev–Trinajstić information content (AvgIpc) is 2.69. The zero-order valence-electron chi connectivity index (χ0n) is 17.0. The van der Waals surface area contributed by atoms with Gasteiger partial charge in [0.15, 0.2) is 12.4 Å². The number of esters is 1. The number of ether oxygens (including phenoxy) is 3. The molecule has 0 saturated heterocycles. The van der Waals surface area contributed by atoms with E-state index in [2.05, 4.69) is 0 Å². The molecule has 0 aliphatic carbocycles. The van der Waals surface area contributed by atoms with Gasteiger partial charge in [-0.25, -0.2) is 4.79 Å². The SMILES string of the molecule is COCCOC(=O)COc1c(-c2ccc(C)cc2)oc2cc(C)c(C)cc2c1=O. The lowest BCUT2D eigenvalue weighted by Gasteiger charge is -2.13. The van der Waals surface area contributed by atoms with Crippen molar-refractivity contribution >= 4 is 16.9 Å². The number of aryl methyl sites for hydroxylation is 3. The Hall–Kier alpha value is -3.12. The summed E-state index contributed by atoms with van der Waals surface area (Å²) in [4.78, 5) is 25.1. The molecule has 1 heterocycles. The molecule has 3 rings (SSSR count). The van der Waals surface area contributed by atoms with Crippen LogP contribution in [0.1, 0.15) is 16.7 Å². The molecule has 0 fully saturated rings. The van der Waals surface area contributed by atoms with Gasteiger partial charge in [-0.3, -0.25) is 4.79 Å². The first-order chi connectivity index (χ1) is 13.9. The minimum Gasteiger partial charge on any atom is -0.474 e. The van der Waals surface area contributed by atoms with E-state index in [-0.39, 0.29) is 30.2 Å². The molecule has 29 heavy (non-hydrogen) atoms. The lowest BCUT2D eigenvalue weighted by molar-refractivity contribution is -0.147. The molecule has 0 amide bonds. The zero-order chi connectivity index (χ0) is 21.0. The van der Waals surface area contributed by atoms with Crippen LogP contribution in [-0.4, -0.2) is 32.9 Å². The maximum atomic E-state index is 13.2. The van der Waals surface area contributed by atoms with Gasteiger partial charge in [-0.15, -0.1) is 0 Å². The Balaban J connectivity index is 2.05. The van der Waals surface area contributed by atoms with Crippen LogP contribution >= 0.6 is 0 Å². The van der Waals surface area contributed by atoms with Crippen molar-refractivity contribution in [1.29, 1.82) is 0 Å². The number of carbonyl (C=O) groups excluding carboxylic acids is 1. The van der Waals surface area contributed by atoms with Crippen molar-refractivity contribution in [1.82, 2.24) is 0 Å². The van der Waals surface area contributed by atoms with E-state index in [1.807, 2.05) is 51.1 Å². The highest BCUT2D eigenvalue weighted by Crippen LogP contribution is 2.32. The van der Waals surface area contributed by atoms with Gasteiger partial charge in [0.1, 0.15) is 12.2 Å². The van der Waals surface area contributed by atoms with Gasteiger partial charge in [0.25, 0.3) is 0 Å². The third kappa shape index (κ3) is 4.66. The highest BCUT2D eigenvalue weighted by molar-refractivity contribution is 5.83. The van der Waals surface area contributed by atoms with Gasteiger partial charge in [0.2, 0.25) is 11.2 Å². The predicted octanol–water partition coefficient (Wildman–Crippen LogP) is 3.95. The van der Waals surface area contributed by atoms with E-state index >= 15 is 0 Å². The molecule has 152 valence electrons. The monoisotopic (exact) mass is 396 g/mol. The smallest absolute Gasteiger partial charge is 0.344 e. The molecule has 0 unspecified atom stereocenters.